The van der Waals surface area contributed by atoms with Crippen molar-refractivity contribution in [3.8, 4) is 0 Å². The van der Waals surface area contributed by atoms with Crippen LogP contribution in [0, 0.1) is 0 Å². The summed E-state index contributed by atoms with van der Waals surface area (Å²) in [6.45, 7) is 2.41. The van der Waals surface area contributed by atoms with Crippen molar-refractivity contribution in [3.63, 3.8) is 0 Å². The number of rotatable bonds is 5. The molecule has 1 N–H and O–H groups in total. The van der Waals surface area contributed by atoms with Gasteiger partial charge in [-0.25, -0.2) is 9.78 Å². The number of aryl methyl sites for hydroxylation is 2. The van der Waals surface area contributed by atoms with Gasteiger partial charge in [-0.15, -0.1) is 0 Å². The predicted octanol–water partition coefficient (Wildman–Crippen LogP) is -0.0152. The van der Waals surface area contributed by atoms with Crippen molar-refractivity contribution in [3.05, 3.63) is 27.2 Å². The van der Waals surface area contributed by atoms with Gasteiger partial charge in [-0.1, -0.05) is 0 Å². The number of fused-ring (bicyclic) bond motifs is 1. The van der Waals surface area contributed by atoms with Gasteiger partial charge in [0.15, 0.2) is 11.2 Å². The molecule has 0 unspecified atom stereocenters. The van der Waals surface area contributed by atoms with Crippen molar-refractivity contribution in [2.24, 2.45) is 14.1 Å². The molecule has 0 aliphatic rings. The van der Waals surface area contributed by atoms with E-state index in [0.717, 1.165) is 23.8 Å². The van der Waals surface area contributed by atoms with Crippen LogP contribution in [0.1, 0.15) is 26.2 Å². The van der Waals surface area contributed by atoms with E-state index in [9.17, 15) is 14.7 Å². The molecular weight excluding hydrogens is 260 g/mol. The van der Waals surface area contributed by atoms with Crippen LogP contribution in [-0.4, -0.2) is 29.9 Å². The minimum Gasteiger partial charge on any atom is -0.393 e. The number of unbranched alkanes of at least 4 members (excludes halogenated alkanes) is 1. The van der Waals surface area contributed by atoms with Crippen molar-refractivity contribution in [1.82, 2.24) is 18.7 Å². The van der Waals surface area contributed by atoms with Gasteiger partial charge in [0.2, 0.25) is 0 Å². The first-order valence-corrected chi connectivity index (χ1v) is 6.72. The van der Waals surface area contributed by atoms with Crippen LogP contribution >= 0.6 is 0 Å². The lowest BCUT2D eigenvalue weighted by Gasteiger charge is -2.07. The molecule has 2 heterocycles. The van der Waals surface area contributed by atoms with Crippen molar-refractivity contribution >= 4 is 11.2 Å². The molecule has 0 amide bonds. The van der Waals surface area contributed by atoms with Gasteiger partial charge >= 0.3 is 5.69 Å². The molecule has 110 valence electrons. The third-order valence-corrected chi connectivity index (χ3v) is 3.49. The van der Waals surface area contributed by atoms with E-state index in [4.69, 9.17) is 0 Å². The van der Waals surface area contributed by atoms with Crippen LogP contribution in [-0.2, 0) is 20.6 Å². The van der Waals surface area contributed by atoms with Gasteiger partial charge in [0.25, 0.3) is 5.56 Å². The fourth-order valence-corrected chi connectivity index (χ4v) is 2.29. The minimum atomic E-state index is -0.373. The number of aromatic nitrogens is 4. The van der Waals surface area contributed by atoms with E-state index in [1.54, 1.807) is 24.9 Å². The van der Waals surface area contributed by atoms with Crippen molar-refractivity contribution in [2.45, 2.75) is 38.8 Å². The normalized spacial score (nSPS) is 13.0. The molecule has 0 spiro atoms. The number of imidazole rings is 1. The number of nitrogens with zero attached hydrogens (tertiary/aromatic N) is 4. The highest BCUT2D eigenvalue weighted by Crippen LogP contribution is 2.08. The van der Waals surface area contributed by atoms with Gasteiger partial charge in [0, 0.05) is 20.6 Å². The van der Waals surface area contributed by atoms with Crippen LogP contribution in [0.25, 0.3) is 11.2 Å². The maximum Gasteiger partial charge on any atom is 0.332 e. The molecule has 7 heteroatoms. The van der Waals surface area contributed by atoms with Gasteiger partial charge in [-0.05, 0) is 26.2 Å². The second-order valence-electron chi connectivity index (χ2n) is 5.16. The largest absolute Gasteiger partial charge is 0.393 e. The SMILES string of the molecule is C[C@@H](O)CCCCn1cnc2c1c(=O)n(C)c(=O)n2C. The Kier molecular flexibility index (Phi) is 4.08. The topological polar surface area (TPSA) is 82.1 Å². The Hall–Kier alpha value is -1.89. The maximum absolute atomic E-state index is 12.2. The van der Waals surface area contributed by atoms with E-state index in [0.29, 0.717) is 17.7 Å². The van der Waals surface area contributed by atoms with E-state index < -0.39 is 0 Å². The summed E-state index contributed by atoms with van der Waals surface area (Å²) in [5, 5.41) is 9.22. The second kappa shape index (κ2) is 5.62. The molecule has 0 bridgehead atoms. The molecule has 0 aliphatic heterocycles. The summed E-state index contributed by atoms with van der Waals surface area (Å²) in [5.41, 5.74) is 0.165. The Labute approximate surface area is 116 Å². The number of hydrogen-bond acceptors (Lipinski definition) is 4. The molecule has 0 radical (unpaired) electrons. The highest BCUT2D eigenvalue weighted by atomic mass is 16.3. The Morgan fingerprint density at radius 3 is 2.60 bits per heavy atom. The second-order valence-corrected chi connectivity index (χ2v) is 5.16. The van der Waals surface area contributed by atoms with Crippen molar-refractivity contribution < 1.29 is 5.11 Å². The summed E-state index contributed by atoms with van der Waals surface area (Å²) in [5.74, 6) is 0. The van der Waals surface area contributed by atoms with Gasteiger partial charge in [-0.2, -0.15) is 0 Å². The smallest absolute Gasteiger partial charge is 0.332 e. The Balaban J connectivity index is 2.33. The third kappa shape index (κ3) is 2.53. The molecule has 7 nitrogen and oxygen atoms in total. The first-order valence-electron chi connectivity index (χ1n) is 6.72. The van der Waals surface area contributed by atoms with Crippen LogP contribution < -0.4 is 11.2 Å². The van der Waals surface area contributed by atoms with Crippen LogP contribution in [0.2, 0.25) is 0 Å². The Morgan fingerprint density at radius 2 is 1.95 bits per heavy atom. The lowest BCUT2D eigenvalue weighted by molar-refractivity contribution is 0.180. The minimum absolute atomic E-state index is 0.303. The molecule has 0 fully saturated rings. The first kappa shape index (κ1) is 14.5. The molecule has 20 heavy (non-hydrogen) atoms. The van der Waals surface area contributed by atoms with Crippen LogP contribution in [0.15, 0.2) is 15.9 Å². The van der Waals surface area contributed by atoms with Gasteiger partial charge < -0.3 is 9.67 Å². The zero-order chi connectivity index (χ0) is 14.9. The average molecular weight is 280 g/mol. The average Bonchev–Trinajstić information content (AvgIpc) is 2.82. The molecule has 0 aromatic carbocycles. The third-order valence-electron chi connectivity index (χ3n) is 3.49. The number of aliphatic hydroxyl groups excluding tert-OH is 1. The molecule has 1 atom stereocenters. The van der Waals surface area contributed by atoms with E-state index in [1.165, 1.54) is 11.6 Å². The van der Waals surface area contributed by atoms with E-state index in [-0.39, 0.29) is 17.4 Å². The Bertz CT molecular complexity index is 724. The van der Waals surface area contributed by atoms with Crippen LogP contribution in [0.3, 0.4) is 0 Å². The van der Waals surface area contributed by atoms with Gasteiger partial charge in [0.1, 0.15) is 0 Å². The molecule has 0 saturated carbocycles. The maximum atomic E-state index is 12.2. The zero-order valence-corrected chi connectivity index (χ0v) is 12.0. The predicted molar refractivity (Wildman–Crippen MR) is 75.7 cm³/mol. The molecular formula is C13H20N4O3. The summed E-state index contributed by atoms with van der Waals surface area (Å²) in [6.07, 6.45) is 3.76. The number of hydrogen-bond donors (Lipinski definition) is 1. The first-order chi connectivity index (χ1) is 9.43. The van der Waals surface area contributed by atoms with Crippen molar-refractivity contribution in [2.75, 3.05) is 0 Å². The lowest BCUT2D eigenvalue weighted by Crippen LogP contribution is -2.37. The van der Waals surface area contributed by atoms with Gasteiger partial charge in [0.05, 0.1) is 12.4 Å². The molecule has 0 saturated heterocycles. The molecule has 2 aromatic rings. The zero-order valence-electron chi connectivity index (χ0n) is 12.0. The summed E-state index contributed by atoms with van der Waals surface area (Å²) in [7, 11) is 3.07. The lowest BCUT2D eigenvalue weighted by atomic mass is 10.2. The van der Waals surface area contributed by atoms with E-state index in [2.05, 4.69) is 4.98 Å². The monoisotopic (exact) mass is 280 g/mol. The van der Waals surface area contributed by atoms with E-state index in [1.807, 2.05) is 0 Å². The fourth-order valence-electron chi connectivity index (χ4n) is 2.29. The summed E-state index contributed by atoms with van der Waals surface area (Å²) in [4.78, 5) is 28.1. The quantitative estimate of drug-likeness (QED) is 0.781. The highest BCUT2D eigenvalue weighted by Gasteiger charge is 2.13. The van der Waals surface area contributed by atoms with Crippen LogP contribution in [0.5, 0.6) is 0 Å². The van der Waals surface area contributed by atoms with Gasteiger partial charge in [-0.3, -0.25) is 13.9 Å². The standard InChI is InChI=1S/C13H20N4O3/c1-9(18)6-4-5-7-17-8-14-11-10(17)12(19)16(3)13(20)15(11)2/h8-9,18H,4-7H2,1-3H3/t9-/m1/s1. The summed E-state index contributed by atoms with van der Waals surface area (Å²) in [6, 6.07) is 0. The molecule has 2 aromatic heterocycles. The Morgan fingerprint density at radius 1 is 1.25 bits per heavy atom. The van der Waals surface area contributed by atoms with E-state index >= 15 is 0 Å². The number of aliphatic hydroxyl groups is 1. The summed E-state index contributed by atoms with van der Waals surface area (Å²) < 4.78 is 4.25. The fraction of sp³-hybridized carbons (Fsp3) is 0.615. The summed E-state index contributed by atoms with van der Waals surface area (Å²) >= 11 is 0. The highest BCUT2D eigenvalue weighted by molar-refractivity contribution is 5.69. The molecule has 0 aliphatic carbocycles. The van der Waals surface area contributed by atoms with Crippen LogP contribution in [0.4, 0.5) is 0 Å². The molecule has 2 rings (SSSR count). The van der Waals surface area contributed by atoms with Crippen molar-refractivity contribution in [1.29, 1.82) is 0 Å².